The van der Waals surface area contributed by atoms with E-state index in [9.17, 15) is 0 Å². The van der Waals surface area contributed by atoms with Crippen molar-refractivity contribution in [2.45, 2.75) is 71.6 Å². The highest BCUT2D eigenvalue weighted by Crippen LogP contribution is 2.52. The SMILES string of the molecule is CC(C)(C)c1ccc(Nc2ccc3c(c2)C(C)(C)c2c(C(C)(C)C)ccc4cccc-3c24)cc1. The number of hydrogen-bond acceptors (Lipinski definition) is 1. The van der Waals surface area contributed by atoms with Crippen molar-refractivity contribution in [2.24, 2.45) is 0 Å². The summed E-state index contributed by atoms with van der Waals surface area (Å²) in [5.74, 6) is 0. The molecule has 0 spiro atoms. The zero-order valence-corrected chi connectivity index (χ0v) is 21.9. The molecule has 1 heteroatoms. The molecular weight excluding hydrogens is 410 g/mol. The van der Waals surface area contributed by atoms with Crippen molar-refractivity contribution in [3.05, 3.63) is 95.1 Å². The van der Waals surface area contributed by atoms with Crippen LogP contribution in [0.5, 0.6) is 0 Å². The monoisotopic (exact) mass is 447 g/mol. The second-order valence-corrected chi connectivity index (χ2v) is 12.5. The van der Waals surface area contributed by atoms with Gasteiger partial charge in [-0.25, -0.2) is 0 Å². The van der Waals surface area contributed by atoms with Gasteiger partial charge in [0.05, 0.1) is 0 Å². The Hall–Kier alpha value is -3.06. The lowest BCUT2D eigenvalue weighted by Gasteiger charge is -2.39. The number of anilines is 2. The summed E-state index contributed by atoms with van der Waals surface area (Å²) >= 11 is 0. The van der Waals surface area contributed by atoms with Crippen LogP contribution >= 0.6 is 0 Å². The molecule has 0 atom stereocenters. The number of fused-ring (bicyclic) bond motifs is 2. The van der Waals surface area contributed by atoms with Crippen LogP contribution in [0.25, 0.3) is 21.9 Å². The quantitative estimate of drug-likeness (QED) is 0.322. The van der Waals surface area contributed by atoms with Gasteiger partial charge in [0.25, 0.3) is 0 Å². The molecule has 0 aliphatic heterocycles. The van der Waals surface area contributed by atoms with Gasteiger partial charge in [-0.15, -0.1) is 0 Å². The van der Waals surface area contributed by atoms with Gasteiger partial charge in [0.2, 0.25) is 0 Å². The molecule has 34 heavy (non-hydrogen) atoms. The van der Waals surface area contributed by atoms with E-state index in [0.29, 0.717) is 0 Å². The van der Waals surface area contributed by atoms with E-state index in [4.69, 9.17) is 0 Å². The van der Waals surface area contributed by atoms with Gasteiger partial charge in [-0.2, -0.15) is 0 Å². The molecule has 0 radical (unpaired) electrons. The number of benzene rings is 4. The minimum Gasteiger partial charge on any atom is -0.356 e. The Bertz CT molecular complexity index is 1390. The molecule has 0 bridgehead atoms. The molecule has 1 aliphatic rings. The lowest BCUT2D eigenvalue weighted by atomic mass is 9.64. The maximum atomic E-state index is 3.66. The first-order valence-corrected chi connectivity index (χ1v) is 12.5. The fraction of sp³-hybridized carbons (Fsp3) is 0.333. The highest BCUT2D eigenvalue weighted by atomic mass is 14.9. The van der Waals surface area contributed by atoms with Crippen molar-refractivity contribution < 1.29 is 0 Å². The maximum Gasteiger partial charge on any atom is 0.0387 e. The molecule has 1 N–H and O–H groups in total. The molecule has 0 unspecified atom stereocenters. The Kier molecular flexibility index (Phi) is 4.99. The van der Waals surface area contributed by atoms with Gasteiger partial charge in [0.15, 0.2) is 0 Å². The highest BCUT2D eigenvalue weighted by molar-refractivity contribution is 6.04. The fourth-order valence-corrected chi connectivity index (χ4v) is 5.61. The summed E-state index contributed by atoms with van der Waals surface area (Å²) in [5, 5.41) is 6.42. The van der Waals surface area contributed by atoms with Gasteiger partial charge in [0, 0.05) is 16.8 Å². The minimum absolute atomic E-state index is 0.0794. The third-order valence-corrected chi connectivity index (χ3v) is 7.50. The van der Waals surface area contributed by atoms with Crippen LogP contribution in [0.4, 0.5) is 11.4 Å². The molecular formula is C33H37N. The highest BCUT2D eigenvalue weighted by Gasteiger charge is 2.37. The molecule has 1 aliphatic carbocycles. The summed E-state index contributed by atoms with van der Waals surface area (Å²) in [6, 6.07) is 27.2. The molecule has 0 aromatic heterocycles. The van der Waals surface area contributed by atoms with E-state index in [0.717, 1.165) is 11.4 Å². The van der Waals surface area contributed by atoms with Crippen molar-refractivity contribution in [1.82, 2.24) is 0 Å². The molecule has 0 saturated carbocycles. The van der Waals surface area contributed by atoms with Crippen LogP contribution in [0.15, 0.2) is 72.8 Å². The van der Waals surface area contributed by atoms with Crippen LogP contribution in [0.3, 0.4) is 0 Å². The minimum atomic E-state index is -0.0976. The lowest BCUT2D eigenvalue weighted by molar-refractivity contribution is 0.552. The van der Waals surface area contributed by atoms with Crippen LogP contribution in [-0.2, 0) is 16.2 Å². The fourth-order valence-electron chi connectivity index (χ4n) is 5.61. The molecule has 5 rings (SSSR count). The molecule has 174 valence electrons. The third-order valence-electron chi connectivity index (χ3n) is 7.50. The average molecular weight is 448 g/mol. The van der Waals surface area contributed by atoms with Gasteiger partial charge >= 0.3 is 0 Å². The van der Waals surface area contributed by atoms with Gasteiger partial charge in [0.1, 0.15) is 0 Å². The van der Waals surface area contributed by atoms with Crippen LogP contribution < -0.4 is 5.32 Å². The van der Waals surface area contributed by atoms with Crippen molar-refractivity contribution in [3.8, 4) is 11.1 Å². The summed E-state index contributed by atoms with van der Waals surface area (Å²) in [4.78, 5) is 0. The van der Waals surface area contributed by atoms with E-state index >= 15 is 0 Å². The van der Waals surface area contributed by atoms with E-state index in [1.807, 2.05) is 0 Å². The van der Waals surface area contributed by atoms with E-state index in [2.05, 4.69) is 134 Å². The van der Waals surface area contributed by atoms with Crippen LogP contribution in [-0.4, -0.2) is 0 Å². The maximum absolute atomic E-state index is 3.66. The first-order valence-electron chi connectivity index (χ1n) is 12.5. The predicted octanol–water partition coefficient (Wildman–Crippen LogP) is 9.48. The lowest BCUT2D eigenvalue weighted by Crippen LogP contribution is -2.29. The van der Waals surface area contributed by atoms with Crippen molar-refractivity contribution >= 4 is 22.1 Å². The second-order valence-electron chi connectivity index (χ2n) is 12.5. The van der Waals surface area contributed by atoms with Crippen LogP contribution in [0, 0.1) is 0 Å². The second kappa shape index (κ2) is 7.47. The van der Waals surface area contributed by atoms with E-state index < -0.39 is 0 Å². The summed E-state index contributed by atoms with van der Waals surface area (Å²) in [6.07, 6.45) is 0. The van der Waals surface area contributed by atoms with E-state index in [-0.39, 0.29) is 16.2 Å². The summed E-state index contributed by atoms with van der Waals surface area (Å²) in [7, 11) is 0. The van der Waals surface area contributed by atoms with Crippen LogP contribution in [0.2, 0.25) is 0 Å². The zero-order chi connectivity index (χ0) is 24.5. The summed E-state index contributed by atoms with van der Waals surface area (Å²) < 4.78 is 0. The van der Waals surface area contributed by atoms with Gasteiger partial charge in [-0.3, -0.25) is 0 Å². The molecule has 4 aromatic rings. The largest absolute Gasteiger partial charge is 0.356 e. The Morgan fingerprint density at radius 3 is 1.97 bits per heavy atom. The number of hydrogen-bond donors (Lipinski definition) is 1. The standard InChI is InChI=1S/C33H37N/c1-31(2,3)22-13-15-23(16-14-22)34-24-17-18-25-26-11-9-10-21-12-19-27(32(4,5)6)30(29(21)26)33(7,8)28(25)20-24/h9-20,34H,1-8H3. The molecule has 0 fully saturated rings. The van der Waals surface area contributed by atoms with Crippen molar-refractivity contribution in [2.75, 3.05) is 5.32 Å². The average Bonchev–Trinajstić information content (AvgIpc) is 2.76. The normalized spacial score (nSPS) is 14.7. The first kappa shape index (κ1) is 22.7. The molecule has 4 aromatic carbocycles. The van der Waals surface area contributed by atoms with Crippen molar-refractivity contribution in [3.63, 3.8) is 0 Å². The zero-order valence-electron chi connectivity index (χ0n) is 21.9. The number of nitrogens with one attached hydrogen (secondary N) is 1. The van der Waals surface area contributed by atoms with Crippen molar-refractivity contribution in [1.29, 1.82) is 0 Å². The van der Waals surface area contributed by atoms with Gasteiger partial charge in [-0.1, -0.05) is 104 Å². The molecule has 0 heterocycles. The Morgan fingerprint density at radius 1 is 0.647 bits per heavy atom. The van der Waals surface area contributed by atoms with E-state index in [1.165, 1.54) is 44.2 Å². The number of rotatable bonds is 2. The van der Waals surface area contributed by atoms with Gasteiger partial charge < -0.3 is 5.32 Å². The smallest absolute Gasteiger partial charge is 0.0387 e. The van der Waals surface area contributed by atoms with E-state index in [1.54, 1.807) is 0 Å². The first-order chi connectivity index (χ1) is 15.9. The Morgan fingerprint density at radius 2 is 1.32 bits per heavy atom. The summed E-state index contributed by atoms with van der Waals surface area (Å²) in [6.45, 7) is 18.6. The third kappa shape index (κ3) is 3.63. The summed E-state index contributed by atoms with van der Waals surface area (Å²) in [5.41, 5.74) is 10.8. The molecule has 1 nitrogen and oxygen atoms in total. The van der Waals surface area contributed by atoms with Crippen LogP contribution in [0.1, 0.15) is 77.6 Å². The Balaban J connectivity index is 1.65. The molecule has 0 amide bonds. The predicted molar refractivity (Wildman–Crippen MR) is 149 cm³/mol. The topological polar surface area (TPSA) is 12.0 Å². The van der Waals surface area contributed by atoms with Gasteiger partial charge in [-0.05, 0) is 79.2 Å². The molecule has 0 saturated heterocycles. The Labute approximate surface area is 205 Å².